The molecule has 1 amide bonds. The molecule has 0 aromatic rings. The van der Waals surface area contributed by atoms with Gasteiger partial charge < -0.3 is 5.32 Å². The standard InChI is InChI=1S/C12H21Cl2NO/c1-12(2,3)8-4-6-9(7-5-8)15-11(16)10(13)14/h8-10H,4-7H2,1-3H3,(H,15,16). The summed E-state index contributed by atoms with van der Waals surface area (Å²) in [7, 11) is 0. The van der Waals surface area contributed by atoms with E-state index in [-0.39, 0.29) is 11.9 Å². The Kier molecular flexibility index (Phi) is 4.93. The lowest BCUT2D eigenvalue weighted by atomic mass is 9.71. The van der Waals surface area contributed by atoms with Gasteiger partial charge in [0.2, 0.25) is 0 Å². The second-order valence-electron chi connectivity index (χ2n) is 5.72. The van der Waals surface area contributed by atoms with E-state index in [9.17, 15) is 4.79 Å². The van der Waals surface area contributed by atoms with Gasteiger partial charge in [0.15, 0.2) is 4.84 Å². The van der Waals surface area contributed by atoms with Crippen LogP contribution < -0.4 is 5.32 Å². The maximum Gasteiger partial charge on any atom is 0.253 e. The Morgan fingerprint density at radius 2 is 1.69 bits per heavy atom. The quantitative estimate of drug-likeness (QED) is 0.761. The van der Waals surface area contributed by atoms with Crippen molar-refractivity contribution in [1.29, 1.82) is 0 Å². The number of hydrogen-bond acceptors (Lipinski definition) is 1. The van der Waals surface area contributed by atoms with E-state index in [1.165, 1.54) is 12.8 Å². The summed E-state index contributed by atoms with van der Waals surface area (Å²) in [6, 6.07) is 0.256. The normalized spacial score (nSPS) is 26.9. The van der Waals surface area contributed by atoms with Crippen LogP contribution in [0.5, 0.6) is 0 Å². The van der Waals surface area contributed by atoms with Crippen molar-refractivity contribution in [2.75, 3.05) is 0 Å². The van der Waals surface area contributed by atoms with E-state index in [0.717, 1.165) is 18.8 Å². The van der Waals surface area contributed by atoms with E-state index in [0.29, 0.717) is 5.41 Å². The summed E-state index contributed by atoms with van der Waals surface area (Å²) in [5, 5.41) is 2.89. The van der Waals surface area contributed by atoms with Crippen LogP contribution in [0.4, 0.5) is 0 Å². The van der Waals surface area contributed by atoms with Crippen LogP contribution in [0.3, 0.4) is 0 Å². The Labute approximate surface area is 108 Å². The van der Waals surface area contributed by atoms with Crippen molar-refractivity contribution in [2.45, 2.75) is 57.3 Å². The third-order valence-corrected chi connectivity index (χ3v) is 3.89. The Hall–Kier alpha value is 0.0500. The monoisotopic (exact) mass is 265 g/mol. The minimum atomic E-state index is -0.944. The molecule has 1 rings (SSSR count). The first-order chi connectivity index (χ1) is 7.30. The molecule has 1 aliphatic rings. The Balaban J connectivity index is 2.35. The van der Waals surface area contributed by atoms with Crippen molar-refractivity contribution in [2.24, 2.45) is 11.3 Å². The summed E-state index contributed by atoms with van der Waals surface area (Å²) in [6.07, 6.45) is 4.41. The van der Waals surface area contributed by atoms with Gasteiger partial charge in [-0.3, -0.25) is 4.79 Å². The summed E-state index contributed by atoms with van der Waals surface area (Å²) in [5.74, 6) is 0.492. The van der Waals surface area contributed by atoms with Gasteiger partial charge in [-0.15, -0.1) is 0 Å². The van der Waals surface area contributed by atoms with Crippen LogP contribution in [0.2, 0.25) is 0 Å². The van der Waals surface area contributed by atoms with Crippen LogP contribution in [-0.2, 0) is 4.79 Å². The number of amides is 1. The molecular weight excluding hydrogens is 245 g/mol. The highest BCUT2D eigenvalue weighted by Crippen LogP contribution is 2.37. The van der Waals surface area contributed by atoms with Gasteiger partial charge in [-0.2, -0.15) is 0 Å². The highest BCUT2D eigenvalue weighted by Gasteiger charge is 2.30. The molecule has 1 fully saturated rings. The fourth-order valence-corrected chi connectivity index (χ4v) is 2.49. The van der Waals surface area contributed by atoms with Crippen LogP contribution in [0, 0.1) is 11.3 Å². The smallest absolute Gasteiger partial charge is 0.253 e. The highest BCUT2D eigenvalue weighted by atomic mass is 35.5. The average molecular weight is 266 g/mol. The molecule has 0 bridgehead atoms. The number of carbonyl (C=O) groups is 1. The van der Waals surface area contributed by atoms with E-state index in [1.807, 2.05) is 0 Å². The van der Waals surface area contributed by atoms with E-state index < -0.39 is 4.84 Å². The molecule has 0 aromatic carbocycles. The maximum absolute atomic E-state index is 11.3. The molecule has 0 aliphatic heterocycles. The zero-order chi connectivity index (χ0) is 12.3. The highest BCUT2D eigenvalue weighted by molar-refractivity contribution is 6.53. The van der Waals surface area contributed by atoms with Crippen molar-refractivity contribution >= 4 is 29.1 Å². The Morgan fingerprint density at radius 1 is 1.19 bits per heavy atom. The molecule has 1 N–H and O–H groups in total. The first-order valence-electron chi connectivity index (χ1n) is 5.89. The fraction of sp³-hybridized carbons (Fsp3) is 0.917. The fourth-order valence-electron chi connectivity index (χ4n) is 2.37. The largest absolute Gasteiger partial charge is 0.351 e. The minimum absolute atomic E-state index is 0.256. The number of carbonyl (C=O) groups excluding carboxylic acids is 1. The van der Waals surface area contributed by atoms with Gasteiger partial charge in [0, 0.05) is 6.04 Å². The third-order valence-electron chi connectivity index (χ3n) is 3.50. The lowest BCUT2D eigenvalue weighted by Crippen LogP contribution is -2.41. The second-order valence-corrected chi connectivity index (χ2v) is 6.82. The van der Waals surface area contributed by atoms with Gasteiger partial charge in [-0.05, 0) is 37.0 Å². The first kappa shape index (κ1) is 14.1. The zero-order valence-electron chi connectivity index (χ0n) is 10.2. The number of hydrogen-bond donors (Lipinski definition) is 1. The van der Waals surface area contributed by atoms with Gasteiger partial charge in [0.25, 0.3) is 5.91 Å². The van der Waals surface area contributed by atoms with Crippen molar-refractivity contribution in [1.82, 2.24) is 5.32 Å². The van der Waals surface area contributed by atoms with Crippen molar-refractivity contribution in [3.05, 3.63) is 0 Å². The number of halogens is 2. The molecule has 0 radical (unpaired) electrons. The second kappa shape index (κ2) is 5.59. The molecule has 0 spiro atoms. The summed E-state index contributed by atoms with van der Waals surface area (Å²) in [4.78, 5) is 10.4. The van der Waals surface area contributed by atoms with Crippen LogP contribution in [0.15, 0.2) is 0 Å². The van der Waals surface area contributed by atoms with E-state index in [4.69, 9.17) is 23.2 Å². The molecule has 4 heteroatoms. The molecule has 0 heterocycles. The van der Waals surface area contributed by atoms with Gasteiger partial charge >= 0.3 is 0 Å². The lowest BCUT2D eigenvalue weighted by molar-refractivity contribution is -0.120. The zero-order valence-corrected chi connectivity index (χ0v) is 11.7. The summed E-state index contributed by atoms with van der Waals surface area (Å²) >= 11 is 11.0. The molecule has 0 atom stereocenters. The van der Waals surface area contributed by atoms with E-state index in [1.54, 1.807) is 0 Å². The van der Waals surface area contributed by atoms with Crippen LogP contribution in [0.25, 0.3) is 0 Å². The van der Waals surface area contributed by atoms with Crippen molar-refractivity contribution < 1.29 is 4.79 Å². The predicted molar refractivity (Wildman–Crippen MR) is 68.8 cm³/mol. The van der Waals surface area contributed by atoms with Crippen molar-refractivity contribution in [3.63, 3.8) is 0 Å². The van der Waals surface area contributed by atoms with Gasteiger partial charge in [0.1, 0.15) is 0 Å². The molecule has 0 unspecified atom stereocenters. The molecule has 1 aliphatic carbocycles. The van der Waals surface area contributed by atoms with Crippen LogP contribution >= 0.6 is 23.2 Å². The van der Waals surface area contributed by atoms with Crippen LogP contribution in [0.1, 0.15) is 46.5 Å². The molecule has 1 saturated carbocycles. The summed E-state index contributed by atoms with van der Waals surface area (Å²) < 4.78 is 0. The average Bonchev–Trinajstić information content (AvgIpc) is 2.17. The summed E-state index contributed by atoms with van der Waals surface area (Å²) in [6.45, 7) is 6.85. The van der Waals surface area contributed by atoms with E-state index >= 15 is 0 Å². The van der Waals surface area contributed by atoms with Gasteiger partial charge in [-0.1, -0.05) is 44.0 Å². The maximum atomic E-state index is 11.3. The number of nitrogens with one attached hydrogen (secondary N) is 1. The predicted octanol–water partition coefficient (Wildman–Crippen LogP) is 3.51. The first-order valence-corrected chi connectivity index (χ1v) is 6.76. The topological polar surface area (TPSA) is 29.1 Å². The number of rotatable bonds is 2. The third kappa shape index (κ3) is 4.14. The Bertz CT molecular complexity index is 240. The molecule has 0 saturated heterocycles. The Morgan fingerprint density at radius 3 is 2.06 bits per heavy atom. The molecular formula is C12H21Cl2NO. The number of alkyl halides is 2. The van der Waals surface area contributed by atoms with E-state index in [2.05, 4.69) is 26.1 Å². The van der Waals surface area contributed by atoms with Crippen LogP contribution in [-0.4, -0.2) is 16.8 Å². The molecule has 16 heavy (non-hydrogen) atoms. The lowest BCUT2D eigenvalue weighted by Gasteiger charge is -2.37. The molecule has 94 valence electrons. The van der Waals surface area contributed by atoms with Crippen molar-refractivity contribution in [3.8, 4) is 0 Å². The summed E-state index contributed by atoms with van der Waals surface area (Å²) in [5.41, 5.74) is 0.372. The minimum Gasteiger partial charge on any atom is -0.351 e. The SMILES string of the molecule is CC(C)(C)C1CCC(NC(=O)C(Cl)Cl)CC1. The molecule has 2 nitrogen and oxygen atoms in total. The van der Waals surface area contributed by atoms with Gasteiger partial charge in [0.05, 0.1) is 0 Å². The van der Waals surface area contributed by atoms with Gasteiger partial charge in [-0.25, -0.2) is 0 Å². The molecule has 0 aromatic heterocycles.